The van der Waals surface area contributed by atoms with Gasteiger partial charge in [0.15, 0.2) is 6.04 Å². The fourth-order valence-corrected chi connectivity index (χ4v) is 2.07. The fraction of sp³-hybridized carbons (Fsp3) is 0.429. The third-order valence-electron chi connectivity index (χ3n) is 3.29. The number of hydrogen-bond acceptors (Lipinski definition) is 3. The maximum Gasteiger partial charge on any atom is 0.328 e. The highest BCUT2D eigenvalue weighted by molar-refractivity contribution is 5.92. The topological polar surface area (TPSA) is 78.9 Å². The highest BCUT2D eigenvalue weighted by Crippen LogP contribution is 2.13. The van der Waals surface area contributed by atoms with E-state index in [0.29, 0.717) is 12.3 Å². The zero-order valence-electron chi connectivity index (χ0n) is 11.3. The zero-order chi connectivity index (χ0) is 14.5. The second kappa shape index (κ2) is 6.38. The van der Waals surface area contributed by atoms with Gasteiger partial charge in [0.2, 0.25) is 0 Å². The number of benzene rings is 1. The van der Waals surface area contributed by atoms with Crippen molar-refractivity contribution >= 4 is 17.7 Å². The molecule has 1 unspecified atom stereocenters. The Morgan fingerprint density at radius 3 is 2.70 bits per heavy atom. The zero-order valence-corrected chi connectivity index (χ0v) is 11.3. The van der Waals surface area contributed by atoms with Crippen LogP contribution < -0.4 is 5.32 Å². The number of aliphatic carboxylic acids is 1. The van der Waals surface area contributed by atoms with E-state index < -0.39 is 18.0 Å². The largest absolute Gasteiger partial charge is 0.480 e. The van der Waals surface area contributed by atoms with Crippen LogP contribution in [0.3, 0.4) is 0 Å². The molecule has 2 amide bonds. The van der Waals surface area contributed by atoms with Crippen molar-refractivity contribution in [3.8, 4) is 0 Å². The van der Waals surface area contributed by atoms with Crippen molar-refractivity contribution in [3.63, 3.8) is 0 Å². The Hall–Kier alpha value is -2.08. The Bertz CT molecular complexity index is 486. The van der Waals surface area contributed by atoms with Crippen LogP contribution in [0.5, 0.6) is 0 Å². The molecule has 2 rings (SSSR count). The number of urea groups is 1. The molecule has 1 aromatic carbocycles. The summed E-state index contributed by atoms with van der Waals surface area (Å²) >= 11 is 0. The molecule has 1 aromatic rings. The van der Waals surface area contributed by atoms with E-state index in [-0.39, 0.29) is 13.2 Å². The van der Waals surface area contributed by atoms with E-state index in [0.717, 1.165) is 6.42 Å². The molecule has 6 nitrogen and oxygen atoms in total. The maximum absolute atomic E-state index is 12.1. The lowest BCUT2D eigenvalue weighted by Crippen LogP contribution is -2.53. The van der Waals surface area contributed by atoms with Gasteiger partial charge < -0.3 is 20.1 Å². The molecule has 0 aromatic heterocycles. The van der Waals surface area contributed by atoms with Crippen molar-refractivity contribution in [2.75, 3.05) is 25.1 Å². The van der Waals surface area contributed by atoms with E-state index in [2.05, 4.69) is 12.2 Å². The first-order valence-corrected chi connectivity index (χ1v) is 6.59. The SMILES string of the molecule is CCc1ccc(NC(=O)N2CCOCC2C(=O)O)cc1. The molecule has 2 N–H and O–H groups in total. The molecule has 0 bridgehead atoms. The molecule has 1 aliphatic heterocycles. The summed E-state index contributed by atoms with van der Waals surface area (Å²) in [6, 6.07) is 6.15. The van der Waals surface area contributed by atoms with Crippen LogP contribution in [0.2, 0.25) is 0 Å². The van der Waals surface area contributed by atoms with E-state index in [4.69, 9.17) is 9.84 Å². The standard InChI is InChI=1S/C14H18N2O4/c1-2-10-3-5-11(6-4-10)15-14(19)16-7-8-20-9-12(16)13(17)18/h3-6,12H,2,7-9H2,1H3,(H,15,19)(H,17,18). The Kier molecular flexibility index (Phi) is 4.57. The summed E-state index contributed by atoms with van der Waals surface area (Å²) in [5.41, 5.74) is 1.83. The molecule has 1 heterocycles. The minimum Gasteiger partial charge on any atom is -0.480 e. The lowest BCUT2D eigenvalue weighted by Gasteiger charge is -2.32. The van der Waals surface area contributed by atoms with Crippen LogP contribution in [0.25, 0.3) is 0 Å². The number of amides is 2. The van der Waals surface area contributed by atoms with Gasteiger partial charge in [-0.25, -0.2) is 9.59 Å². The molecule has 6 heteroatoms. The van der Waals surface area contributed by atoms with Crippen molar-refractivity contribution in [2.45, 2.75) is 19.4 Å². The quantitative estimate of drug-likeness (QED) is 0.879. The number of nitrogens with zero attached hydrogens (tertiary/aromatic N) is 1. The van der Waals surface area contributed by atoms with E-state index >= 15 is 0 Å². The third kappa shape index (κ3) is 3.27. The third-order valence-corrected chi connectivity index (χ3v) is 3.29. The average Bonchev–Trinajstić information content (AvgIpc) is 2.48. The summed E-state index contributed by atoms with van der Waals surface area (Å²) in [7, 11) is 0. The maximum atomic E-state index is 12.1. The predicted octanol–water partition coefficient (Wildman–Crippen LogP) is 1.57. The van der Waals surface area contributed by atoms with Gasteiger partial charge in [-0.3, -0.25) is 0 Å². The number of anilines is 1. The van der Waals surface area contributed by atoms with Crippen molar-refractivity contribution < 1.29 is 19.4 Å². The predicted molar refractivity (Wildman–Crippen MR) is 73.8 cm³/mol. The number of carbonyl (C=O) groups is 2. The molecular formula is C14H18N2O4. The minimum atomic E-state index is -1.05. The summed E-state index contributed by atoms with van der Waals surface area (Å²) in [4.78, 5) is 24.5. The van der Waals surface area contributed by atoms with Crippen LogP contribution in [0, 0.1) is 0 Å². The first kappa shape index (κ1) is 14.3. The summed E-state index contributed by atoms with van der Waals surface area (Å²) in [5.74, 6) is -1.05. The minimum absolute atomic E-state index is 0.0253. The number of nitrogens with one attached hydrogen (secondary N) is 1. The van der Waals surface area contributed by atoms with Gasteiger partial charge in [-0.15, -0.1) is 0 Å². The molecule has 108 valence electrons. The first-order chi connectivity index (χ1) is 9.61. The number of carboxylic acids is 1. The number of ether oxygens (including phenoxy) is 1. The van der Waals surface area contributed by atoms with Crippen LogP contribution in [0.15, 0.2) is 24.3 Å². The van der Waals surface area contributed by atoms with E-state index in [1.807, 2.05) is 24.3 Å². The van der Waals surface area contributed by atoms with Gasteiger partial charge >= 0.3 is 12.0 Å². The number of rotatable bonds is 3. The number of carbonyl (C=O) groups excluding carboxylic acids is 1. The van der Waals surface area contributed by atoms with Crippen LogP contribution in [-0.4, -0.2) is 47.8 Å². The molecular weight excluding hydrogens is 260 g/mol. The molecule has 1 fully saturated rings. The summed E-state index contributed by atoms with van der Waals surface area (Å²) in [6.45, 7) is 2.71. The monoisotopic (exact) mass is 278 g/mol. The van der Waals surface area contributed by atoms with Crippen LogP contribution >= 0.6 is 0 Å². The average molecular weight is 278 g/mol. The van der Waals surface area contributed by atoms with Crippen molar-refractivity contribution in [2.24, 2.45) is 0 Å². The van der Waals surface area contributed by atoms with E-state index in [1.165, 1.54) is 10.5 Å². The Morgan fingerprint density at radius 1 is 1.40 bits per heavy atom. The Balaban J connectivity index is 2.03. The Labute approximate surface area is 117 Å². The summed E-state index contributed by atoms with van der Waals surface area (Å²) in [6.07, 6.45) is 0.929. The molecule has 1 aliphatic rings. The molecule has 0 aliphatic carbocycles. The van der Waals surface area contributed by atoms with Crippen molar-refractivity contribution in [1.29, 1.82) is 0 Å². The molecule has 0 saturated carbocycles. The van der Waals surface area contributed by atoms with Gasteiger partial charge in [0.25, 0.3) is 0 Å². The first-order valence-electron chi connectivity index (χ1n) is 6.59. The van der Waals surface area contributed by atoms with Crippen LogP contribution in [0.4, 0.5) is 10.5 Å². The van der Waals surface area contributed by atoms with E-state index in [9.17, 15) is 9.59 Å². The molecule has 0 radical (unpaired) electrons. The van der Waals surface area contributed by atoms with Crippen LogP contribution in [-0.2, 0) is 16.0 Å². The molecule has 1 saturated heterocycles. The second-order valence-corrected chi connectivity index (χ2v) is 4.60. The molecule has 0 spiro atoms. The van der Waals surface area contributed by atoms with E-state index in [1.54, 1.807) is 0 Å². The highest BCUT2D eigenvalue weighted by Gasteiger charge is 2.32. The Morgan fingerprint density at radius 2 is 2.10 bits per heavy atom. The normalized spacial score (nSPS) is 18.6. The van der Waals surface area contributed by atoms with Crippen molar-refractivity contribution in [3.05, 3.63) is 29.8 Å². The smallest absolute Gasteiger partial charge is 0.328 e. The van der Waals surface area contributed by atoms with Gasteiger partial charge in [-0.2, -0.15) is 0 Å². The van der Waals surface area contributed by atoms with Gasteiger partial charge in [-0.1, -0.05) is 19.1 Å². The lowest BCUT2D eigenvalue weighted by molar-refractivity contribution is -0.147. The second-order valence-electron chi connectivity index (χ2n) is 4.60. The van der Waals surface area contributed by atoms with Gasteiger partial charge in [0.05, 0.1) is 13.2 Å². The number of hydrogen-bond donors (Lipinski definition) is 2. The molecule has 20 heavy (non-hydrogen) atoms. The number of aryl methyl sites for hydroxylation is 1. The van der Waals surface area contributed by atoms with Crippen LogP contribution in [0.1, 0.15) is 12.5 Å². The van der Waals surface area contributed by atoms with Gasteiger partial charge in [0.1, 0.15) is 0 Å². The summed E-state index contributed by atoms with van der Waals surface area (Å²) < 4.78 is 5.10. The number of carboxylic acid groups (broad SMARTS) is 1. The van der Waals surface area contributed by atoms with Gasteiger partial charge in [0, 0.05) is 12.2 Å². The molecule has 1 atom stereocenters. The van der Waals surface area contributed by atoms with Gasteiger partial charge in [-0.05, 0) is 24.1 Å². The fourth-order valence-electron chi connectivity index (χ4n) is 2.07. The van der Waals surface area contributed by atoms with Crippen molar-refractivity contribution in [1.82, 2.24) is 4.90 Å². The highest BCUT2D eigenvalue weighted by atomic mass is 16.5. The number of morpholine rings is 1. The summed E-state index contributed by atoms with van der Waals surface area (Å²) in [5, 5.41) is 11.8. The lowest BCUT2D eigenvalue weighted by atomic mass is 10.1.